The fourth-order valence-corrected chi connectivity index (χ4v) is 2.17. The van der Waals surface area contributed by atoms with E-state index in [1.54, 1.807) is 18.4 Å². The van der Waals surface area contributed by atoms with Gasteiger partial charge in [0.2, 0.25) is 0 Å². The van der Waals surface area contributed by atoms with E-state index in [-0.39, 0.29) is 23.5 Å². The monoisotopic (exact) mass is 295 g/mol. The first kappa shape index (κ1) is 15.0. The van der Waals surface area contributed by atoms with Crippen LogP contribution in [0.2, 0.25) is 0 Å². The van der Waals surface area contributed by atoms with Gasteiger partial charge < -0.3 is 14.6 Å². The maximum absolute atomic E-state index is 12.5. The topological polar surface area (TPSA) is 106 Å². The van der Waals surface area contributed by atoms with Crippen LogP contribution in [-0.2, 0) is 4.79 Å². The molecule has 1 aliphatic rings. The summed E-state index contributed by atoms with van der Waals surface area (Å²) < 4.78 is 1.59. The summed E-state index contributed by atoms with van der Waals surface area (Å²) in [6.07, 6.45) is 3.09. The summed E-state index contributed by atoms with van der Waals surface area (Å²) in [6, 6.07) is 1.00. The molecule has 1 saturated carbocycles. The van der Waals surface area contributed by atoms with Crippen LogP contribution >= 0.6 is 0 Å². The van der Waals surface area contributed by atoms with Crippen LogP contribution in [0.15, 0.2) is 12.3 Å². The van der Waals surface area contributed by atoms with Crippen molar-refractivity contribution in [2.75, 3.05) is 6.54 Å². The SMILES string of the molecule is CC(C)N(CC(=O)O)C(=O)c1cc([N+](=O)[O-])cn1C1CC1. The van der Waals surface area contributed by atoms with Gasteiger partial charge in [-0.2, -0.15) is 0 Å². The van der Waals surface area contributed by atoms with E-state index in [1.165, 1.54) is 17.2 Å². The van der Waals surface area contributed by atoms with Gasteiger partial charge in [0, 0.05) is 18.2 Å². The summed E-state index contributed by atoms with van der Waals surface area (Å²) in [5, 5.41) is 19.8. The van der Waals surface area contributed by atoms with Crippen LogP contribution in [0.1, 0.15) is 43.2 Å². The summed E-state index contributed by atoms with van der Waals surface area (Å²) in [4.78, 5) is 34.9. The number of nitro groups is 1. The molecule has 1 fully saturated rings. The zero-order chi connectivity index (χ0) is 15.7. The molecular weight excluding hydrogens is 278 g/mol. The molecule has 21 heavy (non-hydrogen) atoms. The van der Waals surface area contributed by atoms with Crippen LogP contribution in [0.25, 0.3) is 0 Å². The highest BCUT2D eigenvalue weighted by atomic mass is 16.6. The highest BCUT2D eigenvalue weighted by molar-refractivity contribution is 5.95. The fraction of sp³-hybridized carbons (Fsp3) is 0.538. The largest absolute Gasteiger partial charge is 0.480 e. The smallest absolute Gasteiger partial charge is 0.323 e. The molecule has 0 bridgehead atoms. The van der Waals surface area contributed by atoms with Gasteiger partial charge in [-0.1, -0.05) is 0 Å². The van der Waals surface area contributed by atoms with Crippen molar-refractivity contribution in [3.8, 4) is 0 Å². The Bertz CT molecular complexity index is 589. The molecule has 2 rings (SSSR count). The first-order valence-electron chi connectivity index (χ1n) is 6.70. The van der Waals surface area contributed by atoms with Crippen molar-refractivity contribution in [1.82, 2.24) is 9.47 Å². The first-order valence-corrected chi connectivity index (χ1v) is 6.70. The van der Waals surface area contributed by atoms with Crippen LogP contribution < -0.4 is 0 Å². The van der Waals surface area contributed by atoms with Crippen LogP contribution in [0.4, 0.5) is 5.69 Å². The summed E-state index contributed by atoms with van der Waals surface area (Å²) in [6.45, 7) is 2.99. The zero-order valence-corrected chi connectivity index (χ0v) is 11.9. The van der Waals surface area contributed by atoms with Gasteiger partial charge >= 0.3 is 5.97 Å². The minimum absolute atomic E-state index is 0.0940. The Balaban J connectivity index is 2.36. The highest BCUT2D eigenvalue weighted by Crippen LogP contribution is 2.38. The Hall–Kier alpha value is -2.38. The Morgan fingerprint density at radius 1 is 1.52 bits per heavy atom. The van der Waals surface area contributed by atoms with Crippen LogP contribution in [0, 0.1) is 10.1 Å². The molecule has 114 valence electrons. The van der Waals surface area contributed by atoms with Crippen molar-refractivity contribution in [2.24, 2.45) is 0 Å². The Kier molecular flexibility index (Phi) is 3.97. The van der Waals surface area contributed by atoms with E-state index in [4.69, 9.17) is 5.11 Å². The van der Waals surface area contributed by atoms with Crippen molar-refractivity contribution in [2.45, 2.75) is 38.8 Å². The number of hydrogen-bond acceptors (Lipinski definition) is 4. The Morgan fingerprint density at radius 3 is 2.57 bits per heavy atom. The van der Waals surface area contributed by atoms with Crippen molar-refractivity contribution < 1.29 is 19.6 Å². The van der Waals surface area contributed by atoms with E-state index in [9.17, 15) is 19.7 Å². The predicted molar refractivity (Wildman–Crippen MR) is 73.2 cm³/mol. The molecule has 1 aromatic heterocycles. The lowest BCUT2D eigenvalue weighted by Crippen LogP contribution is -2.41. The lowest BCUT2D eigenvalue weighted by atomic mass is 10.2. The maximum atomic E-state index is 12.5. The molecule has 0 spiro atoms. The number of aromatic nitrogens is 1. The fourth-order valence-electron chi connectivity index (χ4n) is 2.17. The van der Waals surface area contributed by atoms with E-state index in [2.05, 4.69) is 0 Å². The van der Waals surface area contributed by atoms with E-state index in [0.29, 0.717) is 0 Å². The van der Waals surface area contributed by atoms with Gasteiger partial charge in [-0.15, -0.1) is 0 Å². The molecular formula is C13H17N3O5. The molecule has 0 saturated heterocycles. The number of aliphatic carboxylic acids is 1. The average molecular weight is 295 g/mol. The molecule has 1 amide bonds. The Labute approximate surface area is 121 Å². The third-order valence-corrected chi connectivity index (χ3v) is 3.39. The van der Waals surface area contributed by atoms with Gasteiger partial charge in [-0.3, -0.25) is 19.7 Å². The summed E-state index contributed by atoms with van der Waals surface area (Å²) in [5.74, 6) is -1.61. The summed E-state index contributed by atoms with van der Waals surface area (Å²) >= 11 is 0. The second-order valence-electron chi connectivity index (χ2n) is 5.40. The number of carboxylic acids is 1. The van der Waals surface area contributed by atoms with Gasteiger partial charge in [0.25, 0.3) is 11.6 Å². The molecule has 1 aromatic rings. The number of carboxylic acid groups (broad SMARTS) is 1. The van der Waals surface area contributed by atoms with Gasteiger partial charge in [0.15, 0.2) is 0 Å². The average Bonchev–Trinajstić information content (AvgIpc) is 3.13. The number of hydrogen-bond donors (Lipinski definition) is 1. The van der Waals surface area contributed by atoms with Gasteiger partial charge in [0.05, 0.1) is 11.1 Å². The van der Waals surface area contributed by atoms with Crippen LogP contribution in [0.3, 0.4) is 0 Å². The van der Waals surface area contributed by atoms with Crippen molar-refractivity contribution in [1.29, 1.82) is 0 Å². The minimum Gasteiger partial charge on any atom is -0.480 e. The molecule has 0 aromatic carbocycles. The van der Waals surface area contributed by atoms with E-state index < -0.39 is 23.3 Å². The standard InChI is InChI=1S/C13H17N3O5/c1-8(2)14(7-12(17)18)13(19)11-5-10(16(20)21)6-15(11)9-3-4-9/h5-6,8-9H,3-4,7H2,1-2H3,(H,17,18). The van der Waals surface area contributed by atoms with E-state index in [0.717, 1.165) is 12.8 Å². The third-order valence-electron chi connectivity index (χ3n) is 3.39. The summed E-state index contributed by atoms with van der Waals surface area (Å²) in [7, 11) is 0. The van der Waals surface area contributed by atoms with Gasteiger partial charge in [0.1, 0.15) is 12.2 Å². The number of rotatable bonds is 6. The van der Waals surface area contributed by atoms with Gasteiger partial charge in [-0.25, -0.2) is 0 Å². The quantitative estimate of drug-likeness (QED) is 0.634. The maximum Gasteiger partial charge on any atom is 0.323 e. The van der Waals surface area contributed by atoms with E-state index in [1.807, 2.05) is 0 Å². The number of carbonyl (C=O) groups is 2. The molecule has 1 aliphatic carbocycles. The molecule has 0 aliphatic heterocycles. The molecule has 8 heteroatoms. The van der Waals surface area contributed by atoms with Crippen molar-refractivity contribution in [3.63, 3.8) is 0 Å². The Morgan fingerprint density at radius 2 is 2.14 bits per heavy atom. The number of nitrogens with zero attached hydrogens (tertiary/aromatic N) is 3. The van der Waals surface area contributed by atoms with Crippen molar-refractivity contribution >= 4 is 17.6 Å². The molecule has 0 radical (unpaired) electrons. The van der Waals surface area contributed by atoms with Gasteiger partial charge in [-0.05, 0) is 26.7 Å². The van der Waals surface area contributed by atoms with Crippen LogP contribution in [0.5, 0.6) is 0 Å². The normalized spacial score (nSPS) is 14.2. The molecule has 1 heterocycles. The van der Waals surface area contributed by atoms with Crippen LogP contribution in [-0.4, -0.2) is 44.0 Å². The minimum atomic E-state index is -1.11. The lowest BCUT2D eigenvalue weighted by molar-refractivity contribution is -0.384. The van der Waals surface area contributed by atoms with Crippen molar-refractivity contribution in [3.05, 3.63) is 28.1 Å². The predicted octanol–water partition coefficient (Wildman–Crippen LogP) is 1.67. The molecule has 0 unspecified atom stereocenters. The number of amides is 1. The number of carbonyl (C=O) groups excluding carboxylic acids is 1. The molecule has 1 N–H and O–H groups in total. The van der Waals surface area contributed by atoms with E-state index >= 15 is 0 Å². The first-order chi connectivity index (χ1) is 9.81. The zero-order valence-electron chi connectivity index (χ0n) is 11.9. The molecule has 8 nitrogen and oxygen atoms in total. The highest BCUT2D eigenvalue weighted by Gasteiger charge is 2.33. The second-order valence-corrected chi connectivity index (χ2v) is 5.40. The summed E-state index contributed by atoms with van der Waals surface area (Å²) in [5.41, 5.74) is 0.0310. The second kappa shape index (κ2) is 5.55. The lowest BCUT2D eigenvalue weighted by Gasteiger charge is -2.25. The molecule has 0 atom stereocenters. The third kappa shape index (κ3) is 3.21.